The first-order chi connectivity index (χ1) is 7.16. The van der Waals surface area contributed by atoms with E-state index in [1.54, 1.807) is 0 Å². The predicted molar refractivity (Wildman–Crippen MR) is 65.2 cm³/mol. The molecule has 0 N–H and O–H groups in total. The largest absolute Gasteiger partial charge is 0.309 e. The third-order valence-corrected chi connectivity index (χ3v) is 2.82. The van der Waals surface area contributed by atoms with Gasteiger partial charge in [0, 0.05) is 23.6 Å². The molecular weight excluding hydrogens is 254 g/mol. The summed E-state index contributed by atoms with van der Waals surface area (Å²) in [5.74, 6) is 1.11. The van der Waals surface area contributed by atoms with Crippen LogP contribution in [0.1, 0.15) is 5.82 Å². The molecule has 2 rings (SSSR count). The number of likely N-dealkylation sites (N-methyl/N-ethyl adjacent to an activating group) is 1. The van der Waals surface area contributed by atoms with Crippen LogP contribution in [-0.2, 0) is 6.42 Å². The van der Waals surface area contributed by atoms with Gasteiger partial charge in [-0.3, -0.25) is 0 Å². The second-order valence-electron chi connectivity index (χ2n) is 3.87. The van der Waals surface area contributed by atoms with Crippen LogP contribution in [0.4, 0.5) is 0 Å². The molecule has 0 aliphatic rings. The summed E-state index contributed by atoms with van der Waals surface area (Å²) in [4.78, 5) is 6.59. The molecule has 4 heteroatoms. The molecule has 0 saturated carbocycles. The summed E-state index contributed by atoms with van der Waals surface area (Å²) in [5.41, 5.74) is 1.15. The monoisotopic (exact) mass is 267 g/mol. The summed E-state index contributed by atoms with van der Waals surface area (Å²) >= 11 is 3.47. The summed E-state index contributed by atoms with van der Waals surface area (Å²) in [7, 11) is 4.15. The smallest absolute Gasteiger partial charge is 0.114 e. The van der Waals surface area contributed by atoms with E-state index < -0.39 is 0 Å². The van der Waals surface area contributed by atoms with E-state index in [-0.39, 0.29) is 0 Å². The van der Waals surface area contributed by atoms with Crippen molar-refractivity contribution in [2.75, 3.05) is 20.6 Å². The zero-order valence-corrected chi connectivity index (χ0v) is 10.5. The Labute approximate surface area is 97.9 Å². The number of nitrogens with zero attached hydrogens (tertiary/aromatic N) is 3. The molecule has 15 heavy (non-hydrogen) atoms. The molecule has 0 radical (unpaired) electrons. The van der Waals surface area contributed by atoms with Gasteiger partial charge in [0.2, 0.25) is 0 Å². The van der Waals surface area contributed by atoms with Crippen LogP contribution >= 0.6 is 15.9 Å². The van der Waals surface area contributed by atoms with Crippen molar-refractivity contribution in [1.82, 2.24) is 14.3 Å². The van der Waals surface area contributed by atoms with Crippen LogP contribution in [0.25, 0.3) is 5.52 Å². The molecule has 0 fully saturated rings. The fourth-order valence-electron chi connectivity index (χ4n) is 1.53. The molecule has 0 atom stereocenters. The van der Waals surface area contributed by atoms with E-state index in [2.05, 4.69) is 56.6 Å². The van der Waals surface area contributed by atoms with Gasteiger partial charge in [0.15, 0.2) is 0 Å². The molecule has 0 aromatic carbocycles. The molecule has 0 aliphatic heterocycles. The topological polar surface area (TPSA) is 20.5 Å². The molecule has 0 amide bonds. The number of hydrogen-bond donors (Lipinski definition) is 0. The Morgan fingerprint density at radius 1 is 1.40 bits per heavy atom. The van der Waals surface area contributed by atoms with Crippen molar-refractivity contribution in [3.63, 3.8) is 0 Å². The van der Waals surface area contributed by atoms with E-state index >= 15 is 0 Å². The maximum Gasteiger partial charge on any atom is 0.114 e. The van der Waals surface area contributed by atoms with E-state index in [4.69, 9.17) is 0 Å². The second kappa shape index (κ2) is 4.33. The normalized spacial score (nSPS) is 11.5. The van der Waals surface area contributed by atoms with Crippen molar-refractivity contribution in [1.29, 1.82) is 0 Å². The average Bonchev–Trinajstić information content (AvgIpc) is 2.57. The van der Waals surface area contributed by atoms with Crippen LogP contribution < -0.4 is 0 Å². The molecule has 2 aromatic rings. The van der Waals surface area contributed by atoms with Crippen LogP contribution in [-0.4, -0.2) is 34.9 Å². The highest BCUT2D eigenvalue weighted by Crippen LogP contribution is 2.14. The summed E-state index contributed by atoms with van der Waals surface area (Å²) < 4.78 is 3.22. The highest BCUT2D eigenvalue weighted by atomic mass is 79.9. The van der Waals surface area contributed by atoms with Gasteiger partial charge in [-0.2, -0.15) is 0 Å². The predicted octanol–water partition coefficient (Wildman–Crippen LogP) is 2.20. The molecule has 0 spiro atoms. The fourth-order valence-corrected chi connectivity index (χ4v) is 1.86. The minimum Gasteiger partial charge on any atom is -0.309 e. The molecule has 80 valence electrons. The molecule has 2 heterocycles. The zero-order valence-electron chi connectivity index (χ0n) is 8.94. The van der Waals surface area contributed by atoms with Gasteiger partial charge in [-0.15, -0.1) is 0 Å². The second-order valence-corrected chi connectivity index (χ2v) is 4.79. The van der Waals surface area contributed by atoms with Crippen molar-refractivity contribution < 1.29 is 0 Å². The number of pyridine rings is 1. The average molecular weight is 268 g/mol. The molecule has 0 unspecified atom stereocenters. The van der Waals surface area contributed by atoms with Gasteiger partial charge >= 0.3 is 0 Å². The van der Waals surface area contributed by atoms with Gasteiger partial charge in [-0.25, -0.2) is 4.98 Å². The van der Waals surface area contributed by atoms with E-state index in [0.717, 1.165) is 28.8 Å². The molecule has 3 nitrogen and oxygen atoms in total. The Morgan fingerprint density at radius 3 is 2.93 bits per heavy atom. The lowest BCUT2D eigenvalue weighted by atomic mass is 10.3. The van der Waals surface area contributed by atoms with Crippen molar-refractivity contribution in [2.45, 2.75) is 6.42 Å². The lowest BCUT2D eigenvalue weighted by Gasteiger charge is -2.08. The van der Waals surface area contributed by atoms with Gasteiger partial charge in [0.1, 0.15) is 5.82 Å². The Bertz CT molecular complexity index is 462. The van der Waals surface area contributed by atoms with Crippen molar-refractivity contribution >= 4 is 21.4 Å². The highest BCUT2D eigenvalue weighted by Gasteiger charge is 2.03. The number of halogens is 1. The molecule has 2 aromatic heterocycles. The van der Waals surface area contributed by atoms with Gasteiger partial charge in [-0.05, 0) is 42.2 Å². The number of aromatic nitrogens is 2. The van der Waals surface area contributed by atoms with E-state index in [1.165, 1.54) is 0 Å². The summed E-state index contributed by atoms with van der Waals surface area (Å²) in [6, 6.07) is 4.10. The van der Waals surface area contributed by atoms with Gasteiger partial charge < -0.3 is 9.30 Å². The Hall–Kier alpha value is -0.870. The first-order valence-electron chi connectivity index (χ1n) is 4.93. The maximum atomic E-state index is 4.42. The van der Waals surface area contributed by atoms with E-state index in [0.29, 0.717) is 0 Å². The Morgan fingerprint density at radius 2 is 2.20 bits per heavy atom. The lowest BCUT2D eigenvalue weighted by Crippen LogP contribution is -2.16. The summed E-state index contributed by atoms with van der Waals surface area (Å²) in [6.07, 6.45) is 4.95. The Balaban J connectivity index is 2.31. The van der Waals surface area contributed by atoms with Crippen LogP contribution in [0.3, 0.4) is 0 Å². The maximum absolute atomic E-state index is 4.42. The number of fused-ring (bicyclic) bond motifs is 1. The fraction of sp³-hybridized carbons (Fsp3) is 0.364. The van der Waals surface area contributed by atoms with Crippen LogP contribution in [0.2, 0.25) is 0 Å². The summed E-state index contributed by atoms with van der Waals surface area (Å²) in [6.45, 7) is 1.02. The van der Waals surface area contributed by atoms with Gasteiger partial charge in [0.05, 0.1) is 11.7 Å². The minimum atomic E-state index is 0.970. The molecule has 0 saturated heterocycles. The lowest BCUT2D eigenvalue weighted by molar-refractivity contribution is 0.409. The minimum absolute atomic E-state index is 0.970. The first kappa shape index (κ1) is 10.6. The van der Waals surface area contributed by atoms with Gasteiger partial charge in [0.25, 0.3) is 0 Å². The molecule has 0 aliphatic carbocycles. The number of imidazole rings is 1. The third kappa shape index (κ3) is 2.38. The standard InChI is InChI=1S/C11H14BrN3/c1-14(2)6-5-11-13-7-10-4-3-9(12)8-15(10)11/h3-4,7-8H,5-6H2,1-2H3. The van der Waals surface area contributed by atoms with Crippen molar-refractivity contribution in [3.8, 4) is 0 Å². The summed E-state index contributed by atoms with van der Waals surface area (Å²) in [5, 5.41) is 0. The van der Waals surface area contributed by atoms with Crippen molar-refractivity contribution in [3.05, 3.63) is 34.8 Å². The first-order valence-corrected chi connectivity index (χ1v) is 5.72. The SMILES string of the molecule is CN(C)CCc1ncc2ccc(Br)cn12. The highest BCUT2D eigenvalue weighted by molar-refractivity contribution is 9.10. The molecular formula is C11H14BrN3. The van der Waals surface area contributed by atoms with Crippen LogP contribution in [0, 0.1) is 0 Å². The quantitative estimate of drug-likeness (QED) is 0.850. The van der Waals surface area contributed by atoms with Crippen LogP contribution in [0.5, 0.6) is 0 Å². The van der Waals surface area contributed by atoms with E-state index in [1.807, 2.05) is 12.3 Å². The van der Waals surface area contributed by atoms with E-state index in [9.17, 15) is 0 Å². The zero-order chi connectivity index (χ0) is 10.8. The van der Waals surface area contributed by atoms with Crippen LogP contribution in [0.15, 0.2) is 29.0 Å². The van der Waals surface area contributed by atoms with Crippen molar-refractivity contribution in [2.24, 2.45) is 0 Å². The number of hydrogen-bond acceptors (Lipinski definition) is 2. The third-order valence-electron chi connectivity index (χ3n) is 2.35. The number of rotatable bonds is 3. The Kier molecular flexibility index (Phi) is 3.07. The van der Waals surface area contributed by atoms with Gasteiger partial charge in [-0.1, -0.05) is 0 Å². The molecule has 0 bridgehead atoms.